The first-order valence-corrected chi connectivity index (χ1v) is 7.92. The van der Waals surface area contributed by atoms with E-state index in [1.165, 1.54) is 10.4 Å². The summed E-state index contributed by atoms with van der Waals surface area (Å²) in [6.45, 7) is 10.7. The number of thiophene rings is 1. The number of carbonyl (C=O) groups is 1. The van der Waals surface area contributed by atoms with Crippen molar-refractivity contribution in [3.63, 3.8) is 0 Å². The molecule has 1 aromatic rings. The summed E-state index contributed by atoms with van der Waals surface area (Å²) >= 11 is 1.79. The molecule has 0 bridgehead atoms. The highest BCUT2D eigenvalue weighted by Gasteiger charge is 2.38. The lowest BCUT2D eigenvalue weighted by atomic mass is 9.82. The van der Waals surface area contributed by atoms with Crippen LogP contribution in [0.1, 0.15) is 45.1 Å². The monoisotopic (exact) mass is 296 g/mol. The predicted octanol–water partition coefficient (Wildman–Crippen LogP) is 3.02. The lowest BCUT2D eigenvalue weighted by Crippen LogP contribution is -2.58. The van der Waals surface area contributed by atoms with Crippen molar-refractivity contribution in [2.24, 2.45) is 0 Å². The molecule has 4 nitrogen and oxygen atoms in total. The Labute approximate surface area is 124 Å². The summed E-state index contributed by atoms with van der Waals surface area (Å²) in [6, 6.07) is 2.10. The lowest BCUT2D eigenvalue weighted by Gasteiger charge is -2.40. The minimum absolute atomic E-state index is 0.0500. The first kappa shape index (κ1) is 15.3. The number of ether oxygens (including phenoxy) is 1. The number of hydrogen-bond acceptors (Lipinski definition) is 4. The zero-order valence-electron chi connectivity index (χ0n) is 12.9. The molecule has 2 unspecified atom stereocenters. The molecule has 0 saturated carbocycles. The SMILES string of the molecule is CC(NC(=O)OC(C)(C)C)C1(C)NCCc2sccc21. The van der Waals surface area contributed by atoms with E-state index < -0.39 is 5.60 Å². The maximum atomic E-state index is 11.9. The van der Waals surface area contributed by atoms with Crippen LogP contribution in [0.25, 0.3) is 0 Å². The molecule has 1 aliphatic rings. The number of fused-ring (bicyclic) bond motifs is 1. The highest BCUT2D eigenvalue weighted by atomic mass is 32.1. The number of carbonyl (C=O) groups excluding carboxylic acids is 1. The predicted molar refractivity (Wildman–Crippen MR) is 82.2 cm³/mol. The average molecular weight is 296 g/mol. The molecule has 20 heavy (non-hydrogen) atoms. The molecule has 0 aliphatic carbocycles. The fourth-order valence-electron chi connectivity index (χ4n) is 2.54. The van der Waals surface area contributed by atoms with Crippen LogP contribution in [0, 0.1) is 0 Å². The second kappa shape index (κ2) is 5.37. The molecule has 1 amide bonds. The Morgan fingerprint density at radius 3 is 2.90 bits per heavy atom. The number of amides is 1. The zero-order chi connectivity index (χ0) is 15.0. The van der Waals surface area contributed by atoms with E-state index in [4.69, 9.17) is 4.74 Å². The third kappa shape index (κ3) is 3.15. The fourth-order valence-corrected chi connectivity index (χ4v) is 3.54. The van der Waals surface area contributed by atoms with Crippen LogP contribution in [0.4, 0.5) is 4.79 Å². The number of hydrogen-bond donors (Lipinski definition) is 2. The van der Waals surface area contributed by atoms with Gasteiger partial charge in [0.15, 0.2) is 0 Å². The van der Waals surface area contributed by atoms with E-state index in [0.717, 1.165) is 13.0 Å². The van der Waals surface area contributed by atoms with E-state index in [-0.39, 0.29) is 17.7 Å². The van der Waals surface area contributed by atoms with E-state index >= 15 is 0 Å². The molecule has 2 atom stereocenters. The molecule has 5 heteroatoms. The van der Waals surface area contributed by atoms with Gasteiger partial charge in [0, 0.05) is 11.4 Å². The van der Waals surface area contributed by atoms with E-state index in [9.17, 15) is 4.79 Å². The Bertz CT molecular complexity index is 492. The van der Waals surface area contributed by atoms with Gasteiger partial charge in [-0.25, -0.2) is 4.79 Å². The molecule has 112 valence electrons. The van der Waals surface area contributed by atoms with Crippen LogP contribution in [-0.4, -0.2) is 24.3 Å². The van der Waals surface area contributed by atoms with Gasteiger partial charge < -0.3 is 15.4 Å². The van der Waals surface area contributed by atoms with E-state index in [1.54, 1.807) is 11.3 Å². The second-order valence-corrected chi connectivity index (χ2v) is 7.51. The summed E-state index contributed by atoms with van der Waals surface area (Å²) < 4.78 is 5.34. The van der Waals surface area contributed by atoms with Crippen molar-refractivity contribution < 1.29 is 9.53 Å². The number of alkyl carbamates (subject to hydrolysis) is 1. The molecule has 2 rings (SSSR count). The van der Waals surface area contributed by atoms with Crippen molar-refractivity contribution >= 4 is 17.4 Å². The van der Waals surface area contributed by atoms with Gasteiger partial charge in [0.05, 0.1) is 11.6 Å². The Morgan fingerprint density at radius 2 is 2.25 bits per heavy atom. The standard InChI is InChI=1S/C15H24N2O2S/c1-10(17-13(18)19-14(2,3)4)15(5)11-7-9-20-12(11)6-8-16-15/h7,9-10,16H,6,8H2,1-5H3,(H,17,18). The minimum atomic E-state index is -0.474. The summed E-state index contributed by atoms with van der Waals surface area (Å²) in [5.74, 6) is 0. The number of rotatable bonds is 2. The van der Waals surface area contributed by atoms with Gasteiger partial charge in [-0.15, -0.1) is 11.3 Å². The molecule has 0 aromatic carbocycles. The molecule has 1 aromatic heterocycles. The van der Waals surface area contributed by atoms with Crippen LogP contribution in [-0.2, 0) is 16.7 Å². The van der Waals surface area contributed by atoms with E-state index in [1.807, 2.05) is 27.7 Å². The minimum Gasteiger partial charge on any atom is -0.444 e. The fraction of sp³-hybridized carbons (Fsp3) is 0.667. The Hall–Kier alpha value is -1.07. The largest absolute Gasteiger partial charge is 0.444 e. The molecule has 0 spiro atoms. The summed E-state index contributed by atoms with van der Waals surface area (Å²) in [6.07, 6.45) is 0.692. The number of nitrogens with one attached hydrogen (secondary N) is 2. The van der Waals surface area contributed by atoms with Crippen molar-refractivity contribution in [3.05, 3.63) is 21.9 Å². The van der Waals surface area contributed by atoms with Crippen molar-refractivity contribution in [1.82, 2.24) is 10.6 Å². The third-order valence-corrected chi connectivity index (χ3v) is 4.73. The smallest absolute Gasteiger partial charge is 0.407 e. The Balaban J connectivity index is 2.10. The molecule has 0 saturated heterocycles. The van der Waals surface area contributed by atoms with E-state index in [0.29, 0.717) is 0 Å². The highest BCUT2D eigenvalue weighted by molar-refractivity contribution is 7.10. The van der Waals surface area contributed by atoms with Crippen LogP contribution in [0.2, 0.25) is 0 Å². The highest BCUT2D eigenvalue weighted by Crippen LogP contribution is 2.34. The van der Waals surface area contributed by atoms with Gasteiger partial charge in [0.1, 0.15) is 5.60 Å². The van der Waals surface area contributed by atoms with Crippen LogP contribution >= 0.6 is 11.3 Å². The quantitative estimate of drug-likeness (QED) is 0.882. The normalized spacial score (nSPS) is 23.9. The van der Waals surface area contributed by atoms with Crippen molar-refractivity contribution in [2.75, 3.05) is 6.54 Å². The van der Waals surface area contributed by atoms with Crippen molar-refractivity contribution in [3.8, 4) is 0 Å². The summed E-state index contributed by atoms with van der Waals surface area (Å²) in [4.78, 5) is 13.4. The Kier molecular flexibility index (Phi) is 4.12. The first-order chi connectivity index (χ1) is 9.22. The van der Waals surface area contributed by atoms with Gasteiger partial charge in [-0.2, -0.15) is 0 Å². The average Bonchev–Trinajstić information content (AvgIpc) is 2.75. The molecule has 2 N–H and O–H groups in total. The zero-order valence-corrected chi connectivity index (χ0v) is 13.7. The van der Waals surface area contributed by atoms with Crippen LogP contribution < -0.4 is 10.6 Å². The van der Waals surface area contributed by atoms with Crippen molar-refractivity contribution in [2.45, 2.75) is 58.2 Å². The van der Waals surface area contributed by atoms with Gasteiger partial charge in [-0.3, -0.25) is 0 Å². The van der Waals surface area contributed by atoms with Gasteiger partial charge in [0.2, 0.25) is 0 Å². The van der Waals surface area contributed by atoms with Crippen LogP contribution in [0.15, 0.2) is 11.4 Å². The molecule has 2 heterocycles. The topological polar surface area (TPSA) is 50.4 Å². The lowest BCUT2D eigenvalue weighted by molar-refractivity contribution is 0.0474. The molecular weight excluding hydrogens is 272 g/mol. The van der Waals surface area contributed by atoms with Gasteiger partial charge in [-0.1, -0.05) is 0 Å². The van der Waals surface area contributed by atoms with Gasteiger partial charge in [0.25, 0.3) is 0 Å². The molecule has 0 fully saturated rings. The maximum absolute atomic E-state index is 11.9. The van der Waals surface area contributed by atoms with Gasteiger partial charge in [-0.05, 0) is 58.0 Å². The molecular formula is C15H24N2O2S. The third-order valence-electron chi connectivity index (χ3n) is 3.75. The first-order valence-electron chi connectivity index (χ1n) is 7.04. The summed E-state index contributed by atoms with van der Waals surface area (Å²) in [5.41, 5.74) is 0.570. The van der Waals surface area contributed by atoms with Crippen LogP contribution in [0.5, 0.6) is 0 Å². The maximum Gasteiger partial charge on any atom is 0.407 e. The second-order valence-electron chi connectivity index (χ2n) is 6.50. The van der Waals surface area contributed by atoms with Crippen molar-refractivity contribution in [1.29, 1.82) is 0 Å². The van der Waals surface area contributed by atoms with Crippen LogP contribution in [0.3, 0.4) is 0 Å². The Morgan fingerprint density at radius 1 is 1.55 bits per heavy atom. The molecule has 0 radical (unpaired) electrons. The summed E-state index contributed by atoms with van der Waals surface area (Å²) in [7, 11) is 0. The molecule has 1 aliphatic heterocycles. The summed E-state index contributed by atoms with van der Waals surface area (Å²) in [5, 5.41) is 8.62. The van der Waals surface area contributed by atoms with Gasteiger partial charge >= 0.3 is 6.09 Å². The van der Waals surface area contributed by atoms with E-state index in [2.05, 4.69) is 29.0 Å².